The van der Waals surface area contributed by atoms with Crippen molar-refractivity contribution in [2.45, 2.75) is 0 Å². The smallest absolute Gasteiger partial charge is 0 e. The Morgan fingerprint density at radius 3 is 1.25 bits per heavy atom. The second kappa shape index (κ2) is 26.4. The van der Waals surface area contributed by atoms with Crippen LogP contribution >= 0.6 is 0 Å². The van der Waals surface area contributed by atoms with Gasteiger partial charge in [0.15, 0.2) is 0 Å². The van der Waals surface area contributed by atoms with Crippen LogP contribution in [0.4, 0.5) is 0 Å². The van der Waals surface area contributed by atoms with E-state index >= 15 is 0 Å². The van der Waals surface area contributed by atoms with Crippen molar-refractivity contribution in [1.82, 2.24) is 0 Å². The maximum Gasteiger partial charge on any atom is 0 e. The van der Waals surface area contributed by atoms with E-state index in [9.17, 15) is 0 Å². The summed E-state index contributed by atoms with van der Waals surface area (Å²) in [5, 5.41) is 0. The first-order valence-corrected chi connectivity index (χ1v) is 0.236. The van der Waals surface area contributed by atoms with Crippen LogP contribution in [0.15, 0.2) is 0 Å². The van der Waals surface area contributed by atoms with Gasteiger partial charge in [0.25, 0.3) is 0 Å². The predicted octanol–water partition coefficient (Wildman–Crippen LogP) is -1.69. The van der Waals surface area contributed by atoms with Crippen LogP contribution in [0.2, 0.25) is 0 Å². The first-order chi connectivity index (χ1) is 1.00. The third kappa shape index (κ3) is 10.1. The Hall–Kier alpha value is 1.37. The summed E-state index contributed by atoms with van der Waals surface area (Å²) in [4.78, 5) is 0. The number of hydrogen-bond acceptors (Lipinski definition) is 1. The average Bonchev–Trinajstić information content (AvgIpc) is 1.00. The molecule has 1 nitrogen and oxygen atoms in total. The van der Waals surface area contributed by atoms with Gasteiger partial charge in [-0.2, -0.15) is 0 Å². The monoisotopic (exact) mass is 303 g/mol. The molecule has 0 aromatic carbocycles. The van der Waals surface area contributed by atoms with Crippen molar-refractivity contribution in [2.24, 2.45) is 0 Å². The number of hydrogen-bond donors (Lipinski definition) is 0. The maximum atomic E-state index is 7.75. The van der Waals surface area contributed by atoms with Crippen molar-refractivity contribution in [3.63, 3.8) is 0 Å². The molecule has 4 heteroatoms. The summed E-state index contributed by atoms with van der Waals surface area (Å²) in [6, 6.07) is 0. The molecule has 19 valence electrons. The summed E-state index contributed by atoms with van der Waals surface area (Å²) in [5.74, 6) is 0. The van der Waals surface area contributed by atoms with Crippen molar-refractivity contribution < 1.29 is 24.2 Å². The van der Waals surface area contributed by atoms with Gasteiger partial charge in [0.1, 0.15) is 0 Å². The SMILES string of the molecule is [B]=O.[BiH3].[Zn]. The first-order valence-electron chi connectivity index (χ1n) is 0.236. The van der Waals surface area contributed by atoms with Crippen molar-refractivity contribution in [3.8, 4) is 0 Å². The molecule has 0 aromatic rings. The molecule has 0 aliphatic carbocycles. The van der Waals surface area contributed by atoms with Gasteiger partial charge in [-0.15, -0.1) is 0 Å². The predicted molar refractivity (Wildman–Crippen MR) is 16.4 cm³/mol. The molecular weight excluding hydrogens is 301 g/mol. The van der Waals surface area contributed by atoms with Crippen molar-refractivity contribution in [3.05, 3.63) is 0 Å². The van der Waals surface area contributed by atoms with E-state index in [1.165, 1.54) is 0 Å². The molecule has 0 saturated carbocycles. The molecule has 0 fully saturated rings. The molecule has 0 saturated heterocycles. The molecule has 0 heterocycles. The van der Waals surface area contributed by atoms with Gasteiger partial charge in [0, 0.05) is 19.5 Å². The van der Waals surface area contributed by atoms with Crippen LogP contribution in [0.3, 0.4) is 0 Å². The van der Waals surface area contributed by atoms with Crippen molar-refractivity contribution in [2.75, 3.05) is 0 Å². The van der Waals surface area contributed by atoms with Gasteiger partial charge in [0.05, 0.1) is 0 Å². The van der Waals surface area contributed by atoms with Crippen LogP contribution in [0.25, 0.3) is 0 Å². The second-order valence-corrected chi connectivity index (χ2v) is 0. The van der Waals surface area contributed by atoms with Gasteiger partial charge in [-0.25, -0.2) is 0 Å². The Bertz CT molecular complexity index is 8.00. The van der Waals surface area contributed by atoms with E-state index in [4.69, 9.17) is 4.70 Å². The normalized spacial score (nSPS) is 0.750. The van der Waals surface area contributed by atoms with E-state index < -0.39 is 0 Å². The van der Waals surface area contributed by atoms with Gasteiger partial charge in [-0.1, -0.05) is 0 Å². The zero-order valence-electron chi connectivity index (χ0n) is 2.40. The zero-order chi connectivity index (χ0) is 2.00. The molecule has 4 heavy (non-hydrogen) atoms. The fraction of sp³-hybridized carbons (Fsp3) is 0. The molecule has 1 radical (unpaired) electrons. The van der Waals surface area contributed by atoms with Gasteiger partial charge in [-0.3, -0.25) is 0 Å². The topological polar surface area (TPSA) is 17.1 Å². The van der Waals surface area contributed by atoms with Gasteiger partial charge < -0.3 is 0 Å². The summed E-state index contributed by atoms with van der Waals surface area (Å²) < 4.78 is 7.75. The fourth-order valence-electron chi connectivity index (χ4n) is 0. The molecular formula is H3BBiOZn. The van der Waals surface area contributed by atoms with Crippen LogP contribution in [-0.2, 0) is 24.2 Å². The van der Waals surface area contributed by atoms with E-state index in [0.717, 1.165) is 0 Å². The van der Waals surface area contributed by atoms with Crippen LogP contribution in [-0.4, -0.2) is 33.9 Å². The second-order valence-electron chi connectivity index (χ2n) is 0. The third-order valence-corrected chi connectivity index (χ3v) is 0. The molecule has 0 aromatic heterocycles. The van der Waals surface area contributed by atoms with Crippen LogP contribution in [0, 0.1) is 0 Å². The molecule has 0 N–H and O–H groups in total. The minimum Gasteiger partial charge on any atom is 0 e. The first kappa shape index (κ1) is 18.3. The van der Waals surface area contributed by atoms with Crippen molar-refractivity contribution in [1.29, 1.82) is 0 Å². The summed E-state index contributed by atoms with van der Waals surface area (Å²) in [5.41, 5.74) is 0. The Labute approximate surface area is 57.8 Å². The van der Waals surface area contributed by atoms with Gasteiger partial charge >= 0.3 is 38.6 Å². The van der Waals surface area contributed by atoms with Gasteiger partial charge in [-0.05, 0) is 0 Å². The van der Waals surface area contributed by atoms with Gasteiger partial charge in [0.2, 0.25) is 0 Å². The molecule has 0 aliphatic rings. The number of rotatable bonds is 0. The minimum absolute atomic E-state index is 0. The quantitative estimate of drug-likeness (QED) is 0.488. The Morgan fingerprint density at radius 2 is 1.25 bits per heavy atom. The summed E-state index contributed by atoms with van der Waals surface area (Å²) in [6.07, 6.45) is 0. The summed E-state index contributed by atoms with van der Waals surface area (Å²) in [6.45, 7) is 0. The van der Waals surface area contributed by atoms with Crippen LogP contribution in [0.5, 0.6) is 0 Å². The Morgan fingerprint density at radius 1 is 1.25 bits per heavy atom. The summed E-state index contributed by atoms with van der Waals surface area (Å²) >= 11 is 0. The Kier molecular flexibility index (Phi) is 121. The molecule has 0 unspecified atom stereocenters. The molecule has 0 atom stereocenters. The van der Waals surface area contributed by atoms with Crippen LogP contribution < -0.4 is 0 Å². The molecule has 0 amide bonds. The van der Waals surface area contributed by atoms with E-state index in [2.05, 4.69) is 7.72 Å². The van der Waals surface area contributed by atoms with E-state index in [0.29, 0.717) is 0 Å². The van der Waals surface area contributed by atoms with E-state index in [-0.39, 0.29) is 45.7 Å². The molecule has 0 bridgehead atoms. The summed E-state index contributed by atoms with van der Waals surface area (Å²) in [7, 11) is 3.25. The fourth-order valence-corrected chi connectivity index (χ4v) is 0. The van der Waals surface area contributed by atoms with Crippen LogP contribution in [0.1, 0.15) is 0 Å². The van der Waals surface area contributed by atoms with E-state index in [1.807, 2.05) is 0 Å². The van der Waals surface area contributed by atoms with E-state index in [1.54, 1.807) is 0 Å². The Balaban J connectivity index is -0.00000000500. The van der Waals surface area contributed by atoms with Crippen molar-refractivity contribution >= 4 is 33.9 Å². The average molecular weight is 304 g/mol. The minimum atomic E-state index is 0. The zero-order valence-corrected chi connectivity index (χ0v) is 10.9. The standard InChI is InChI=1S/BO.Bi.Zn.3H/c1-2;;;;;. The molecule has 0 spiro atoms. The molecule has 0 aliphatic heterocycles. The molecule has 0 rings (SSSR count). The largest absolute Gasteiger partial charge is 0 e. The third-order valence-electron chi connectivity index (χ3n) is 0. The maximum absolute atomic E-state index is 7.75.